The largest absolute Gasteiger partial charge is 0.497 e. The molecule has 0 saturated carbocycles. The number of benzene rings is 3. The first kappa shape index (κ1) is 21.7. The number of sulfonamides is 1. The summed E-state index contributed by atoms with van der Waals surface area (Å²) in [6, 6.07) is 19.3. The van der Waals surface area contributed by atoms with E-state index in [4.69, 9.17) is 16.3 Å². The highest BCUT2D eigenvalue weighted by atomic mass is 35.5. The summed E-state index contributed by atoms with van der Waals surface area (Å²) >= 11 is 5.89. The fourth-order valence-corrected chi connectivity index (χ4v) is 4.02. The van der Waals surface area contributed by atoms with E-state index < -0.39 is 10.0 Å². The fraction of sp³-hybridized carbons (Fsp3) is 0.136. The molecule has 0 spiro atoms. The minimum atomic E-state index is -3.86. The fourth-order valence-electron chi connectivity index (χ4n) is 2.79. The normalized spacial score (nSPS) is 12.1. The first-order valence-electron chi connectivity index (χ1n) is 9.12. The third-order valence-electron chi connectivity index (χ3n) is 4.47. The zero-order valence-corrected chi connectivity index (χ0v) is 18.0. The van der Waals surface area contributed by atoms with E-state index in [2.05, 4.69) is 10.0 Å². The van der Waals surface area contributed by atoms with Crippen molar-refractivity contribution in [3.63, 3.8) is 0 Å². The Labute approximate surface area is 180 Å². The van der Waals surface area contributed by atoms with Gasteiger partial charge in [0.2, 0.25) is 0 Å². The molecule has 8 heteroatoms. The molecule has 3 aromatic rings. The van der Waals surface area contributed by atoms with E-state index in [1.54, 1.807) is 42.5 Å². The van der Waals surface area contributed by atoms with Crippen LogP contribution < -0.4 is 14.8 Å². The lowest BCUT2D eigenvalue weighted by Gasteiger charge is -2.15. The van der Waals surface area contributed by atoms with Gasteiger partial charge in [0.25, 0.3) is 15.9 Å². The van der Waals surface area contributed by atoms with Gasteiger partial charge >= 0.3 is 0 Å². The monoisotopic (exact) mass is 444 g/mol. The second-order valence-corrected chi connectivity index (χ2v) is 8.73. The summed E-state index contributed by atoms with van der Waals surface area (Å²) in [5.41, 5.74) is 1.52. The molecule has 2 N–H and O–H groups in total. The van der Waals surface area contributed by atoms with Crippen LogP contribution in [0.25, 0.3) is 0 Å². The Morgan fingerprint density at radius 2 is 1.67 bits per heavy atom. The summed E-state index contributed by atoms with van der Waals surface area (Å²) in [7, 11) is -2.33. The molecule has 0 bridgehead atoms. The number of anilines is 1. The van der Waals surface area contributed by atoms with Crippen molar-refractivity contribution in [1.82, 2.24) is 5.32 Å². The van der Waals surface area contributed by atoms with Gasteiger partial charge in [0, 0.05) is 16.3 Å². The maximum Gasteiger partial charge on any atom is 0.261 e. The smallest absolute Gasteiger partial charge is 0.261 e. The summed E-state index contributed by atoms with van der Waals surface area (Å²) in [5.74, 6) is 0.241. The van der Waals surface area contributed by atoms with Crippen LogP contribution >= 0.6 is 11.6 Å². The number of hydrogen-bond acceptors (Lipinski definition) is 4. The lowest BCUT2D eigenvalue weighted by Crippen LogP contribution is -2.27. The quantitative estimate of drug-likeness (QED) is 0.556. The van der Waals surface area contributed by atoms with Crippen molar-refractivity contribution >= 4 is 33.2 Å². The zero-order chi connectivity index (χ0) is 21.7. The van der Waals surface area contributed by atoms with Crippen molar-refractivity contribution in [2.45, 2.75) is 17.9 Å². The van der Waals surface area contributed by atoms with E-state index in [0.717, 1.165) is 5.56 Å². The molecule has 0 aromatic heterocycles. The second-order valence-electron chi connectivity index (χ2n) is 6.61. The molecule has 156 valence electrons. The number of methoxy groups -OCH3 is 1. The molecular formula is C22H21ClN2O4S. The van der Waals surface area contributed by atoms with E-state index in [1.165, 1.54) is 25.3 Å². The van der Waals surface area contributed by atoms with Gasteiger partial charge in [-0.2, -0.15) is 0 Å². The van der Waals surface area contributed by atoms with Crippen LogP contribution in [0.3, 0.4) is 0 Å². The topological polar surface area (TPSA) is 84.5 Å². The minimum Gasteiger partial charge on any atom is -0.497 e. The maximum atomic E-state index is 12.7. The van der Waals surface area contributed by atoms with Gasteiger partial charge in [0.05, 0.1) is 18.0 Å². The van der Waals surface area contributed by atoms with Crippen LogP contribution in [0.2, 0.25) is 5.02 Å². The highest BCUT2D eigenvalue weighted by Gasteiger charge is 2.18. The summed E-state index contributed by atoms with van der Waals surface area (Å²) in [4.78, 5) is 12.6. The van der Waals surface area contributed by atoms with E-state index in [9.17, 15) is 13.2 Å². The first-order valence-corrected chi connectivity index (χ1v) is 11.0. The molecule has 30 heavy (non-hydrogen) atoms. The van der Waals surface area contributed by atoms with Gasteiger partial charge in [-0.3, -0.25) is 9.52 Å². The molecule has 0 saturated heterocycles. The molecule has 3 aromatic carbocycles. The Morgan fingerprint density at radius 1 is 1.00 bits per heavy atom. The van der Waals surface area contributed by atoms with E-state index in [0.29, 0.717) is 16.5 Å². The van der Waals surface area contributed by atoms with E-state index >= 15 is 0 Å². The second kappa shape index (κ2) is 9.19. The lowest BCUT2D eigenvalue weighted by molar-refractivity contribution is 0.0939. The number of amides is 1. The summed E-state index contributed by atoms with van der Waals surface area (Å²) in [6.45, 7) is 1.84. The molecule has 0 aliphatic rings. The maximum absolute atomic E-state index is 12.7. The van der Waals surface area contributed by atoms with Gasteiger partial charge in [-0.1, -0.05) is 29.8 Å². The molecule has 0 heterocycles. The van der Waals surface area contributed by atoms with Gasteiger partial charge in [-0.25, -0.2) is 8.42 Å². The number of carbonyl (C=O) groups is 1. The molecule has 0 aliphatic heterocycles. The molecule has 0 aliphatic carbocycles. The van der Waals surface area contributed by atoms with Crippen LogP contribution in [0.1, 0.15) is 28.9 Å². The van der Waals surface area contributed by atoms with E-state index in [-0.39, 0.29) is 22.4 Å². The van der Waals surface area contributed by atoms with Crippen molar-refractivity contribution in [2.24, 2.45) is 0 Å². The Hall–Kier alpha value is -3.03. The van der Waals surface area contributed by atoms with Crippen molar-refractivity contribution < 1.29 is 17.9 Å². The molecule has 3 rings (SSSR count). The third kappa shape index (κ3) is 5.31. The van der Waals surface area contributed by atoms with Crippen molar-refractivity contribution in [3.05, 3.63) is 88.9 Å². The molecule has 0 fully saturated rings. The Kier molecular flexibility index (Phi) is 6.64. The van der Waals surface area contributed by atoms with Crippen molar-refractivity contribution in [3.8, 4) is 5.75 Å². The summed E-state index contributed by atoms with van der Waals surface area (Å²) in [6.07, 6.45) is 0. The van der Waals surface area contributed by atoms with Crippen LogP contribution in [0, 0.1) is 0 Å². The molecule has 0 radical (unpaired) electrons. The molecular weight excluding hydrogens is 424 g/mol. The van der Waals surface area contributed by atoms with Gasteiger partial charge < -0.3 is 10.1 Å². The minimum absolute atomic E-state index is 0.00915. The number of ether oxygens (including phenoxy) is 1. The summed E-state index contributed by atoms with van der Waals surface area (Å²) < 4.78 is 33.0. The number of carbonyl (C=O) groups excluding carboxylic acids is 1. The number of rotatable bonds is 7. The molecule has 1 atom stereocenters. The highest BCUT2D eigenvalue weighted by Crippen LogP contribution is 2.21. The Balaban J connectivity index is 1.75. The van der Waals surface area contributed by atoms with Crippen LogP contribution in [0.4, 0.5) is 5.69 Å². The molecule has 6 nitrogen and oxygen atoms in total. The van der Waals surface area contributed by atoms with Crippen molar-refractivity contribution in [2.75, 3.05) is 11.8 Å². The average molecular weight is 445 g/mol. The highest BCUT2D eigenvalue weighted by molar-refractivity contribution is 7.92. The van der Waals surface area contributed by atoms with Gasteiger partial charge in [-0.05, 0) is 67.1 Å². The predicted octanol–water partition coefficient (Wildman–Crippen LogP) is 4.64. The van der Waals surface area contributed by atoms with E-state index in [1.807, 2.05) is 19.1 Å². The van der Waals surface area contributed by atoms with Crippen molar-refractivity contribution in [1.29, 1.82) is 0 Å². The Bertz CT molecular complexity index is 1130. The lowest BCUT2D eigenvalue weighted by atomic mass is 10.1. The standard InChI is InChI=1S/C22H21ClN2O4S/c1-15(16-6-8-18(23)9-7-16)24-22(26)17-4-3-5-21(14-17)30(27,28)25-19-10-12-20(29-2)13-11-19/h3-15,25H,1-2H3,(H,24,26). The van der Waals surface area contributed by atoms with Crippen LogP contribution in [-0.2, 0) is 10.0 Å². The van der Waals surface area contributed by atoms with Crippen LogP contribution in [0.5, 0.6) is 5.75 Å². The van der Waals surface area contributed by atoms with Crippen LogP contribution in [-0.4, -0.2) is 21.4 Å². The number of halogens is 1. The average Bonchev–Trinajstić information content (AvgIpc) is 2.74. The molecule has 1 amide bonds. The first-order chi connectivity index (χ1) is 14.3. The molecule has 1 unspecified atom stereocenters. The SMILES string of the molecule is COc1ccc(NS(=O)(=O)c2cccc(C(=O)NC(C)c3ccc(Cl)cc3)c2)cc1. The van der Waals surface area contributed by atoms with Gasteiger partial charge in [0.1, 0.15) is 5.75 Å². The third-order valence-corrected chi connectivity index (χ3v) is 6.10. The predicted molar refractivity (Wildman–Crippen MR) is 118 cm³/mol. The van der Waals surface area contributed by atoms with Crippen LogP contribution in [0.15, 0.2) is 77.7 Å². The van der Waals surface area contributed by atoms with Gasteiger partial charge in [0.15, 0.2) is 0 Å². The number of hydrogen-bond donors (Lipinski definition) is 2. The zero-order valence-electron chi connectivity index (χ0n) is 16.4. The number of nitrogens with one attached hydrogen (secondary N) is 2. The van der Waals surface area contributed by atoms with Gasteiger partial charge in [-0.15, -0.1) is 0 Å². The summed E-state index contributed by atoms with van der Waals surface area (Å²) in [5, 5.41) is 3.47. The Morgan fingerprint density at radius 3 is 2.30 bits per heavy atom.